The van der Waals surface area contributed by atoms with Crippen LogP contribution in [-0.4, -0.2) is 20.6 Å². The molecule has 2 aromatic carbocycles. The Hall–Kier alpha value is -2.60. The second-order valence-electron chi connectivity index (χ2n) is 5.30. The first-order chi connectivity index (χ1) is 10.9. The lowest BCUT2D eigenvalue weighted by atomic mass is 10.1. The highest BCUT2D eigenvalue weighted by molar-refractivity contribution is 7.90. The summed E-state index contributed by atoms with van der Waals surface area (Å²) in [6, 6.07) is 13.4. The summed E-state index contributed by atoms with van der Waals surface area (Å²) in [7, 11) is -3.26. The van der Waals surface area contributed by atoms with Gasteiger partial charge in [0.15, 0.2) is 15.6 Å². The number of sulfone groups is 1. The maximum Gasteiger partial charge on any atom is 0.291 e. The van der Waals surface area contributed by atoms with Crippen LogP contribution >= 0.6 is 0 Å². The van der Waals surface area contributed by atoms with Gasteiger partial charge in [-0.05, 0) is 37.3 Å². The number of nitrogens with one attached hydrogen (secondary N) is 1. The Balaban J connectivity index is 1.87. The lowest BCUT2D eigenvalue weighted by Gasteiger charge is -2.05. The van der Waals surface area contributed by atoms with Gasteiger partial charge in [-0.15, -0.1) is 0 Å². The van der Waals surface area contributed by atoms with Crippen LogP contribution in [0.4, 0.5) is 5.69 Å². The Morgan fingerprint density at radius 3 is 2.30 bits per heavy atom. The van der Waals surface area contributed by atoms with Gasteiger partial charge in [0, 0.05) is 22.9 Å². The quantitative estimate of drug-likeness (QED) is 0.799. The first-order valence-electron chi connectivity index (χ1n) is 6.96. The van der Waals surface area contributed by atoms with Gasteiger partial charge in [-0.25, -0.2) is 8.42 Å². The van der Waals surface area contributed by atoms with Crippen molar-refractivity contribution in [1.82, 2.24) is 0 Å². The summed E-state index contributed by atoms with van der Waals surface area (Å²) in [5.41, 5.74) is 1.93. The number of fused-ring (bicyclic) bond motifs is 1. The highest BCUT2D eigenvalue weighted by Gasteiger charge is 2.17. The molecule has 0 unspecified atom stereocenters. The minimum absolute atomic E-state index is 0.204. The minimum atomic E-state index is -3.26. The van der Waals surface area contributed by atoms with Crippen LogP contribution in [0, 0.1) is 6.92 Å². The molecule has 0 fully saturated rings. The Kier molecular flexibility index (Phi) is 3.69. The van der Waals surface area contributed by atoms with E-state index in [1.54, 1.807) is 18.2 Å². The third kappa shape index (κ3) is 2.98. The van der Waals surface area contributed by atoms with E-state index < -0.39 is 9.84 Å². The molecule has 1 N–H and O–H groups in total. The summed E-state index contributed by atoms with van der Waals surface area (Å²) in [6.45, 7) is 1.83. The number of furan rings is 1. The highest BCUT2D eigenvalue weighted by atomic mass is 32.2. The van der Waals surface area contributed by atoms with Crippen molar-refractivity contribution in [1.29, 1.82) is 0 Å². The normalized spacial score (nSPS) is 11.6. The summed E-state index contributed by atoms with van der Waals surface area (Å²) < 4.78 is 28.5. The van der Waals surface area contributed by atoms with Crippen molar-refractivity contribution in [3.05, 3.63) is 59.9 Å². The molecule has 0 aliphatic carbocycles. The summed E-state index contributed by atoms with van der Waals surface area (Å²) in [4.78, 5) is 12.6. The van der Waals surface area contributed by atoms with E-state index in [0.29, 0.717) is 11.3 Å². The second kappa shape index (κ2) is 5.55. The molecule has 1 heterocycles. The van der Waals surface area contributed by atoms with Gasteiger partial charge in [0.2, 0.25) is 0 Å². The van der Waals surface area contributed by atoms with E-state index >= 15 is 0 Å². The average molecular weight is 329 g/mol. The fourth-order valence-corrected chi connectivity index (χ4v) is 2.99. The second-order valence-corrected chi connectivity index (χ2v) is 7.32. The van der Waals surface area contributed by atoms with E-state index in [1.807, 2.05) is 25.1 Å². The first-order valence-corrected chi connectivity index (χ1v) is 8.85. The minimum Gasteiger partial charge on any atom is -0.451 e. The number of carbonyl (C=O) groups is 1. The number of amides is 1. The summed E-state index contributed by atoms with van der Waals surface area (Å²) in [6.07, 6.45) is 1.14. The van der Waals surface area contributed by atoms with Crippen LogP contribution < -0.4 is 5.32 Å². The van der Waals surface area contributed by atoms with Crippen molar-refractivity contribution in [3.8, 4) is 0 Å². The lowest BCUT2D eigenvalue weighted by molar-refractivity contribution is 0.0998. The van der Waals surface area contributed by atoms with Crippen LogP contribution in [0.3, 0.4) is 0 Å². The predicted octanol–water partition coefficient (Wildman–Crippen LogP) is 3.40. The average Bonchev–Trinajstić information content (AvgIpc) is 2.85. The number of hydrogen-bond donors (Lipinski definition) is 1. The van der Waals surface area contributed by atoms with Gasteiger partial charge >= 0.3 is 0 Å². The van der Waals surface area contributed by atoms with Gasteiger partial charge in [-0.2, -0.15) is 0 Å². The Labute approximate surface area is 133 Å². The zero-order valence-corrected chi connectivity index (χ0v) is 13.5. The molecule has 118 valence electrons. The number of anilines is 1. The molecule has 23 heavy (non-hydrogen) atoms. The Bertz CT molecular complexity index is 985. The summed E-state index contributed by atoms with van der Waals surface area (Å²) >= 11 is 0. The summed E-state index contributed by atoms with van der Waals surface area (Å²) in [5, 5.41) is 3.60. The molecule has 0 spiro atoms. The lowest BCUT2D eigenvalue weighted by Crippen LogP contribution is -2.12. The number of carbonyl (C=O) groups excluding carboxylic acids is 1. The van der Waals surface area contributed by atoms with Gasteiger partial charge in [-0.1, -0.05) is 18.2 Å². The number of aryl methyl sites for hydroxylation is 1. The van der Waals surface area contributed by atoms with E-state index in [4.69, 9.17) is 4.42 Å². The van der Waals surface area contributed by atoms with Gasteiger partial charge in [0.1, 0.15) is 5.58 Å². The van der Waals surface area contributed by atoms with Crippen molar-refractivity contribution in [3.63, 3.8) is 0 Å². The van der Waals surface area contributed by atoms with Crippen LogP contribution in [0.2, 0.25) is 0 Å². The van der Waals surface area contributed by atoms with Crippen molar-refractivity contribution in [2.24, 2.45) is 0 Å². The SMILES string of the molecule is Cc1c(C(=O)Nc2ccc(S(C)(=O)=O)cc2)oc2ccccc12. The van der Waals surface area contributed by atoms with Crippen molar-refractivity contribution < 1.29 is 17.6 Å². The monoisotopic (exact) mass is 329 g/mol. The van der Waals surface area contributed by atoms with Crippen molar-refractivity contribution >= 4 is 32.4 Å². The number of benzene rings is 2. The smallest absolute Gasteiger partial charge is 0.291 e. The molecule has 0 radical (unpaired) electrons. The Morgan fingerprint density at radius 1 is 1.04 bits per heavy atom. The van der Waals surface area contributed by atoms with Gasteiger partial charge in [0.05, 0.1) is 4.90 Å². The molecule has 1 aromatic heterocycles. The maximum absolute atomic E-state index is 12.4. The molecule has 0 aliphatic rings. The largest absolute Gasteiger partial charge is 0.451 e. The standard InChI is InChI=1S/C17H15NO4S/c1-11-14-5-3-4-6-15(14)22-16(11)17(19)18-12-7-9-13(10-8-12)23(2,20)21/h3-10H,1-2H3,(H,18,19). The van der Waals surface area contributed by atoms with Gasteiger partial charge in [-0.3, -0.25) is 4.79 Å². The molecule has 0 bridgehead atoms. The van der Waals surface area contributed by atoms with E-state index in [-0.39, 0.29) is 16.6 Å². The number of rotatable bonds is 3. The molecule has 0 atom stereocenters. The van der Waals surface area contributed by atoms with Gasteiger partial charge < -0.3 is 9.73 Å². The van der Waals surface area contributed by atoms with Crippen molar-refractivity contribution in [2.45, 2.75) is 11.8 Å². The molecular weight excluding hydrogens is 314 g/mol. The van der Waals surface area contributed by atoms with Crippen LogP contribution in [0.25, 0.3) is 11.0 Å². The fraction of sp³-hybridized carbons (Fsp3) is 0.118. The van der Waals surface area contributed by atoms with E-state index in [0.717, 1.165) is 17.2 Å². The highest BCUT2D eigenvalue weighted by Crippen LogP contribution is 2.25. The van der Waals surface area contributed by atoms with Crippen molar-refractivity contribution in [2.75, 3.05) is 11.6 Å². The molecule has 6 heteroatoms. The van der Waals surface area contributed by atoms with Crippen LogP contribution in [0.15, 0.2) is 57.8 Å². The number of hydrogen-bond acceptors (Lipinski definition) is 4. The molecule has 0 saturated carbocycles. The van der Waals surface area contributed by atoms with Crippen LogP contribution in [-0.2, 0) is 9.84 Å². The first kappa shape index (κ1) is 15.3. The van der Waals surface area contributed by atoms with E-state index in [1.165, 1.54) is 12.1 Å². The number of para-hydroxylation sites is 1. The third-order valence-electron chi connectivity index (χ3n) is 3.59. The van der Waals surface area contributed by atoms with E-state index in [9.17, 15) is 13.2 Å². The van der Waals surface area contributed by atoms with Crippen LogP contribution in [0.5, 0.6) is 0 Å². The molecule has 0 aliphatic heterocycles. The van der Waals surface area contributed by atoms with Gasteiger partial charge in [0.25, 0.3) is 5.91 Å². The zero-order chi connectivity index (χ0) is 16.6. The maximum atomic E-state index is 12.4. The molecule has 5 nitrogen and oxygen atoms in total. The predicted molar refractivity (Wildman–Crippen MR) is 88.5 cm³/mol. The van der Waals surface area contributed by atoms with Crippen LogP contribution in [0.1, 0.15) is 16.1 Å². The molecule has 1 amide bonds. The third-order valence-corrected chi connectivity index (χ3v) is 4.72. The molecule has 0 saturated heterocycles. The summed E-state index contributed by atoms with van der Waals surface area (Å²) in [5.74, 6) is -0.121. The molecule has 3 rings (SSSR count). The fourth-order valence-electron chi connectivity index (χ4n) is 2.36. The molecule has 3 aromatic rings. The topological polar surface area (TPSA) is 76.4 Å². The Morgan fingerprint density at radius 2 is 1.70 bits per heavy atom. The molecular formula is C17H15NO4S. The van der Waals surface area contributed by atoms with E-state index in [2.05, 4.69) is 5.32 Å². The zero-order valence-electron chi connectivity index (χ0n) is 12.7.